The molecule has 0 spiro atoms. The number of nitrogens with zero attached hydrogens (tertiary/aromatic N) is 2. The van der Waals surface area contributed by atoms with Gasteiger partial charge in [0, 0.05) is 17.7 Å². The lowest BCUT2D eigenvalue weighted by Crippen LogP contribution is -2.54. The monoisotopic (exact) mass is 423 g/mol. The van der Waals surface area contributed by atoms with E-state index in [9.17, 15) is 29.6 Å². The summed E-state index contributed by atoms with van der Waals surface area (Å²) in [5.74, 6) is -1.85. The lowest BCUT2D eigenvalue weighted by atomic mass is 10.0. The molecular weight excluding hydrogens is 406 g/mol. The number of phenols is 1. The second-order valence-corrected chi connectivity index (χ2v) is 6.46. The topological polar surface area (TPSA) is 139 Å². The normalized spacial score (nSPS) is 15.1. The molecule has 0 atom stereocenters. The van der Waals surface area contributed by atoms with E-state index in [0.29, 0.717) is 22.4 Å². The van der Waals surface area contributed by atoms with Gasteiger partial charge in [-0.3, -0.25) is 25.0 Å². The summed E-state index contributed by atoms with van der Waals surface area (Å²) in [5.41, 5.74) is 0.0572. The molecule has 1 saturated heterocycles. The van der Waals surface area contributed by atoms with E-state index in [1.807, 2.05) is 5.32 Å². The van der Waals surface area contributed by atoms with Crippen molar-refractivity contribution in [2.24, 2.45) is 0 Å². The van der Waals surface area contributed by atoms with Gasteiger partial charge < -0.3 is 9.84 Å². The van der Waals surface area contributed by atoms with Gasteiger partial charge in [0.05, 0.1) is 17.7 Å². The number of ether oxygens (including phenoxy) is 1. The first kappa shape index (κ1) is 21.2. The predicted octanol–water partition coefficient (Wildman–Crippen LogP) is 2.70. The van der Waals surface area contributed by atoms with Crippen molar-refractivity contribution in [2.45, 2.75) is 6.42 Å². The molecule has 0 aliphatic carbocycles. The number of hydrogen-bond acceptors (Lipinski definition) is 7. The van der Waals surface area contributed by atoms with Crippen LogP contribution in [0.15, 0.2) is 54.6 Å². The highest BCUT2D eigenvalue weighted by Crippen LogP contribution is 2.33. The first-order chi connectivity index (χ1) is 14.8. The summed E-state index contributed by atoms with van der Waals surface area (Å²) in [6, 6.07) is 6.86. The molecule has 0 unspecified atom stereocenters. The van der Waals surface area contributed by atoms with Gasteiger partial charge in [0.25, 0.3) is 17.5 Å². The summed E-state index contributed by atoms with van der Waals surface area (Å²) >= 11 is 0. The Balaban J connectivity index is 2.07. The molecule has 1 heterocycles. The van der Waals surface area contributed by atoms with E-state index >= 15 is 0 Å². The zero-order valence-corrected chi connectivity index (χ0v) is 16.3. The van der Waals surface area contributed by atoms with Crippen molar-refractivity contribution in [3.63, 3.8) is 0 Å². The summed E-state index contributed by atoms with van der Waals surface area (Å²) in [6.45, 7) is 3.62. The number of anilines is 1. The maximum absolute atomic E-state index is 13.0. The second-order valence-electron chi connectivity index (χ2n) is 6.46. The summed E-state index contributed by atoms with van der Waals surface area (Å²) in [4.78, 5) is 48.6. The Bertz CT molecular complexity index is 1150. The van der Waals surface area contributed by atoms with E-state index in [-0.39, 0.29) is 28.4 Å². The maximum atomic E-state index is 13.0. The smallest absolute Gasteiger partial charge is 0.335 e. The number of carbonyl (C=O) groups excluding carboxylic acids is 3. The fourth-order valence-electron chi connectivity index (χ4n) is 3.04. The van der Waals surface area contributed by atoms with Crippen LogP contribution in [0, 0.1) is 10.1 Å². The molecule has 1 fully saturated rings. The summed E-state index contributed by atoms with van der Waals surface area (Å²) in [6.07, 6.45) is 3.10. The standard InChI is InChI=1S/C21H17N3O7/c1-3-5-13-8-12(10-17(31-2)18(13)25)9-16-19(26)22-21(28)23(20(16)27)14-6-4-7-15(11-14)24(29)30/h3-4,6-11,25H,1,5H2,2H3,(H,22,26,28)/b16-9+. The molecular formula is C21H17N3O7. The number of phenolic OH excluding ortho intramolecular Hbond substituents is 1. The number of nitro benzene ring substituents is 1. The zero-order valence-electron chi connectivity index (χ0n) is 16.3. The van der Waals surface area contributed by atoms with Gasteiger partial charge in [0.1, 0.15) is 5.57 Å². The molecule has 1 aliphatic heterocycles. The van der Waals surface area contributed by atoms with Crippen LogP contribution in [0.3, 0.4) is 0 Å². The summed E-state index contributed by atoms with van der Waals surface area (Å²) < 4.78 is 5.13. The third-order valence-corrected chi connectivity index (χ3v) is 4.47. The van der Waals surface area contributed by atoms with Crippen LogP contribution in [-0.4, -0.2) is 35.0 Å². The van der Waals surface area contributed by atoms with Gasteiger partial charge in [-0.15, -0.1) is 6.58 Å². The maximum Gasteiger partial charge on any atom is 0.335 e. The van der Waals surface area contributed by atoms with Crippen LogP contribution in [0.5, 0.6) is 11.5 Å². The predicted molar refractivity (Wildman–Crippen MR) is 111 cm³/mol. The number of urea groups is 1. The van der Waals surface area contributed by atoms with Gasteiger partial charge in [0.2, 0.25) is 0 Å². The molecule has 2 aromatic carbocycles. The number of allylic oxidation sites excluding steroid dienone is 1. The Kier molecular flexibility index (Phi) is 5.82. The number of nitro groups is 1. The lowest BCUT2D eigenvalue weighted by molar-refractivity contribution is -0.384. The fraction of sp³-hybridized carbons (Fsp3) is 0.0952. The minimum Gasteiger partial charge on any atom is -0.504 e. The van der Waals surface area contributed by atoms with Gasteiger partial charge in [-0.2, -0.15) is 0 Å². The first-order valence-corrected chi connectivity index (χ1v) is 8.93. The molecule has 10 nitrogen and oxygen atoms in total. The Morgan fingerprint density at radius 1 is 1.26 bits per heavy atom. The highest BCUT2D eigenvalue weighted by atomic mass is 16.6. The van der Waals surface area contributed by atoms with Crippen LogP contribution in [0.2, 0.25) is 0 Å². The number of non-ortho nitro benzene ring substituents is 1. The molecule has 4 amide bonds. The number of rotatable bonds is 6. The number of imide groups is 2. The van der Waals surface area contributed by atoms with Crippen molar-refractivity contribution >= 4 is 35.3 Å². The SMILES string of the molecule is C=CCc1cc(/C=C2\C(=O)NC(=O)N(c3cccc([N+](=O)[O-])c3)C2=O)cc(OC)c1O. The van der Waals surface area contributed by atoms with Crippen molar-refractivity contribution in [2.75, 3.05) is 12.0 Å². The minimum absolute atomic E-state index is 0.0641. The van der Waals surface area contributed by atoms with Gasteiger partial charge in [0.15, 0.2) is 11.5 Å². The van der Waals surface area contributed by atoms with Crippen molar-refractivity contribution in [1.82, 2.24) is 5.32 Å². The second kappa shape index (κ2) is 8.49. The molecule has 0 radical (unpaired) electrons. The van der Waals surface area contributed by atoms with E-state index in [1.165, 1.54) is 37.5 Å². The zero-order chi connectivity index (χ0) is 22.7. The molecule has 10 heteroatoms. The highest BCUT2D eigenvalue weighted by molar-refractivity contribution is 6.39. The van der Waals surface area contributed by atoms with E-state index in [2.05, 4.69) is 6.58 Å². The third-order valence-electron chi connectivity index (χ3n) is 4.47. The van der Waals surface area contributed by atoms with E-state index < -0.39 is 22.8 Å². The quantitative estimate of drug-likeness (QED) is 0.239. The van der Waals surface area contributed by atoms with Crippen LogP contribution in [0.4, 0.5) is 16.2 Å². The van der Waals surface area contributed by atoms with Crippen molar-refractivity contribution in [1.29, 1.82) is 0 Å². The average molecular weight is 423 g/mol. The Morgan fingerprint density at radius 2 is 2.00 bits per heavy atom. The van der Waals surface area contributed by atoms with Crippen molar-refractivity contribution < 1.29 is 29.2 Å². The average Bonchev–Trinajstić information content (AvgIpc) is 2.73. The van der Waals surface area contributed by atoms with Crippen molar-refractivity contribution in [3.8, 4) is 11.5 Å². The number of amides is 4. The third kappa shape index (κ3) is 4.13. The van der Waals surface area contributed by atoms with Gasteiger partial charge in [-0.25, -0.2) is 9.69 Å². The number of nitrogens with one attached hydrogen (secondary N) is 1. The molecule has 0 saturated carbocycles. The van der Waals surface area contributed by atoms with Crippen LogP contribution in [0.1, 0.15) is 11.1 Å². The van der Waals surface area contributed by atoms with E-state index in [4.69, 9.17) is 4.74 Å². The number of benzene rings is 2. The van der Waals surface area contributed by atoms with Crippen LogP contribution in [-0.2, 0) is 16.0 Å². The molecule has 2 aromatic rings. The molecule has 31 heavy (non-hydrogen) atoms. The first-order valence-electron chi connectivity index (χ1n) is 8.93. The number of barbiturate groups is 1. The number of carbonyl (C=O) groups is 3. The van der Waals surface area contributed by atoms with E-state index in [0.717, 1.165) is 6.07 Å². The van der Waals surface area contributed by atoms with Crippen LogP contribution >= 0.6 is 0 Å². The Labute approximate surface area is 176 Å². The Morgan fingerprint density at radius 3 is 2.65 bits per heavy atom. The fourth-order valence-corrected chi connectivity index (χ4v) is 3.04. The molecule has 158 valence electrons. The lowest BCUT2D eigenvalue weighted by Gasteiger charge is -2.26. The minimum atomic E-state index is -1.02. The van der Waals surface area contributed by atoms with Crippen LogP contribution in [0.25, 0.3) is 6.08 Å². The summed E-state index contributed by atoms with van der Waals surface area (Å²) in [7, 11) is 1.35. The van der Waals surface area contributed by atoms with Crippen LogP contribution < -0.4 is 15.0 Å². The number of aromatic hydroxyl groups is 1. The molecule has 0 aromatic heterocycles. The molecule has 1 aliphatic rings. The molecule has 3 rings (SSSR count). The highest BCUT2D eigenvalue weighted by Gasteiger charge is 2.37. The van der Waals surface area contributed by atoms with Crippen molar-refractivity contribution in [3.05, 3.63) is 75.9 Å². The largest absolute Gasteiger partial charge is 0.504 e. The molecule has 2 N–H and O–H groups in total. The van der Waals surface area contributed by atoms with Gasteiger partial charge in [-0.1, -0.05) is 12.1 Å². The van der Waals surface area contributed by atoms with Gasteiger partial charge >= 0.3 is 6.03 Å². The number of hydrogen-bond donors (Lipinski definition) is 2. The van der Waals surface area contributed by atoms with E-state index in [1.54, 1.807) is 12.1 Å². The summed E-state index contributed by atoms with van der Waals surface area (Å²) in [5, 5.41) is 23.3. The number of methoxy groups -OCH3 is 1. The molecule has 0 bridgehead atoms. The Hall–Kier alpha value is -4.47. The van der Waals surface area contributed by atoms with Gasteiger partial charge in [-0.05, 0) is 36.3 Å².